The van der Waals surface area contributed by atoms with Gasteiger partial charge in [0.15, 0.2) is 0 Å². The van der Waals surface area contributed by atoms with Crippen LogP contribution in [0.5, 0.6) is 0 Å². The minimum atomic E-state index is -4.65. The number of imide groups is 1. The lowest BCUT2D eigenvalue weighted by atomic mass is 10.1. The van der Waals surface area contributed by atoms with Crippen LogP contribution in [0.2, 0.25) is 0 Å². The van der Waals surface area contributed by atoms with Crippen molar-refractivity contribution in [3.05, 3.63) is 74.8 Å². The van der Waals surface area contributed by atoms with Crippen molar-refractivity contribution >= 4 is 40.4 Å². The van der Waals surface area contributed by atoms with Crippen molar-refractivity contribution in [1.29, 1.82) is 0 Å². The average Bonchev–Trinajstić information content (AvgIpc) is 2.83. The summed E-state index contributed by atoms with van der Waals surface area (Å²) < 4.78 is 38.7. The molecule has 0 saturated carbocycles. The van der Waals surface area contributed by atoms with Crippen molar-refractivity contribution < 1.29 is 27.7 Å². The van der Waals surface area contributed by atoms with Gasteiger partial charge in [0.25, 0.3) is 17.5 Å². The van der Waals surface area contributed by atoms with Crippen LogP contribution in [0, 0.1) is 10.1 Å². The minimum absolute atomic E-state index is 0.137. The van der Waals surface area contributed by atoms with E-state index in [2.05, 4.69) is 0 Å². The Morgan fingerprint density at radius 3 is 2.19 bits per heavy atom. The molecule has 3 rings (SSSR count). The molecular weight excluding hydrogens is 389 g/mol. The summed E-state index contributed by atoms with van der Waals surface area (Å²) in [6.07, 6.45) is -4.65. The van der Waals surface area contributed by atoms with Crippen molar-refractivity contribution in [3.8, 4) is 0 Å². The van der Waals surface area contributed by atoms with Gasteiger partial charge in [0.1, 0.15) is 5.03 Å². The summed E-state index contributed by atoms with van der Waals surface area (Å²) in [5.41, 5.74) is -1.65. The highest BCUT2D eigenvalue weighted by Crippen LogP contribution is 2.37. The van der Waals surface area contributed by atoms with Crippen LogP contribution in [0.4, 0.5) is 24.5 Å². The molecule has 0 bridgehead atoms. The van der Waals surface area contributed by atoms with Gasteiger partial charge in [-0.05, 0) is 35.9 Å². The van der Waals surface area contributed by atoms with Gasteiger partial charge in [-0.25, -0.2) is 4.90 Å². The van der Waals surface area contributed by atoms with E-state index in [1.807, 2.05) is 0 Å². The molecule has 0 spiro atoms. The smallest absolute Gasteiger partial charge is 0.268 e. The van der Waals surface area contributed by atoms with Crippen LogP contribution < -0.4 is 4.90 Å². The fourth-order valence-electron chi connectivity index (χ4n) is 2.56. The van der Waals surface area contributed by atoms with Crippen molar-refractivity contribution in [3.63, 3.8) is 0 Å². The molecule has 1 aliphatic heterocycles. The Labute approximate surface area is 154 Å². The molecule has 2 aromatic carbocycles. The molecule has 1 heterocycles. The second-order valence-corrected chi connectivity index (χ2v) is 5.86. The second kappa shape index (κ2) is 6.51. The van der Waals surface area contributed by atoms with Crippen LogP contribution in [-0.4, -0.2) is 16.7 Å². The Balaban J connectivity index is 2.01. The van der Waals surface area contributed by atoms with Gasteiger partial charge in [-0.2, -0.15) is 13.2 Å². The van der Waals surface area contributed by atoms with Crippen LogP contribution in [-0.2, 0) is 15.8 Å². The van der Waals surface area contributed by atoms with Gasteiger partial charge in [-0.15, -0.1) is 0 Å². The number of nitro groups is 1. The van der Waals surface area contributed by atoms with Crippen molar-refractivity contribution in [1.82, 2.24) is 0 Å². The third kappa shape index (κ3) is 3.28. The fourth-order valence-corrected chi connectivity index (χ4v) is 2.83. The molecule has 0 radical (unpaired) electrons. The monoisotopic (exact) mass is 396 g/mol. The number of carbonyl (C=O) groups excluding carboxylic acids is 2. The van der Waals surface area contributed by atoms with E-state index in [1.165, 1.54) is 18.2 Å². The molecule has 0 atom stereocenters. The molecule has 2 aromatic rings. The van der Waals surface area contributed by atoms with Crippen molar-refractivity contribution in [2.24, 2.45) is 0 Å². The summed E-state index contributed by atoms with van der Waals surface area (Å²) in [5, 5.41) is 10.2. The Morgan fingerprint density at radius 1 is 1.00 bits per heavy atom. The zero-order chi connectivity index (χ0) is 19.9. The fraction of sp³-hybridized carbons (Fsp3) is 0.0588. The van der Waals surface area contributed by atoms with Crippen molar-refractivity contribution in [2.75, 3.05) is 4.90 Å². The lowest BCUT2D eigenvalue weighted by Gasteiger charge is -2.16. The molecule has 0 unspecified atom stereocenters. The van der Waals surface area contributed by atoms with E-state index < -0.39 is 33.5 Å². The maximum atomic E-state index is 12.9. The number of hydrogen-bond acceptors (Lipinski definition) is 4. The van der Waals surface area contributed by atoms with E-state index in [0.717, 1.165) is 24.3 Å². The predicted octanol–water partition coefficient (Wildman–Crippen LogP) is 4.14. The normalized spacial score (nSPS) is 14.9. The van der Waals surface area contributed by atoms with Crippen LogP contribution in [0.15, 0.2) is 53.6 Å². The topological polar surface area (TPSA) is 80.5 Å². The summed E-state index contributed by atoms with van der Waals surface area (Å²) in [4.78, 5) is 35.6. The van der Waals surface area contributed by atoms with E-state index in [9.17, 15) is 32.9 Å². The van der Waals surface area contributed by atoms with Gasteiger partial charge in [0.05, 0.1) is 21.7 Å². The zero-order valence-electron chi connectivity index (χ0n) is 13.2. The summed E-state index contributed by atoms with van der Waals surface area (Å²) in [7, 11) is 0. The van der Waals surface area contributed by atoms with E-state index in [4.69, 9.17) is 11.6 Å². The number of alkyl halides is 3. The van der Waals surface area contributed by atoms with Gasteiger partial charge in [0.2, 0.25) is 0 Å². The lowest BCUT2D eigenvalue weighted by Crippen LogP contribution is -2.31. The Hall–Kier alpha value is -3.20. The minimum Gasteiger partial charge on any atom is -0.268 e. The van der Waals surface area contributed by atoms with E-state index in [1.54, 1.807) is 0 Å². The highest BCUT2D eigenvalue weighted by Gasteiger charge is 2.40. The molecule has 27 heavy (non-hydrogen) atoms. The molecule has 6 nitrogen and oxygen atoms in total. The van der Waals surface area contributed by atoms with E-state index >= 15 is 0 Å². The maximum Gasteiger partial charge on any atom is 0.416 e. The highest BCUT2D eigenvalue weighted by atomic mass is 35.5. The number of nitrogens with zero attached hydrogens (tertiary/aromatic N) is 2. The number of nitro benzene ring substituents is 1. The number of rotatable bonds is 3. The number of carbonyl (C=O) groups is 2. The van der Waals surface area contributed by atoms with Crippen LogP contribution >= 0.6 is 11.6 Å². The Bertz CT molecular complexity index is 1000. The molecular formula is C17H8ClF3N2O4. The zero-order valence-corrected chi connectivity index (χ0v) is 13.9. The number of amides is 2. The first-order chi connectivity index (χ1) is 12.6. The number of benzene rings is 2. The SMILES string of the molecule is O=C1C(Cl)=C(c2ccc([N+](=O)[O-])cc2)C(=O)N1c1cccc(C(F)(F)F)c1. The first-order valence-corrected chi connectivity index (χ1v) is 7.69. The number of non-ortho nitro benzene ring substituents is 1. The molecule has 1 aliphatic rings. The molecule has 138 valence electrons. The molecule has 2 amide bonds. The van der Waals surface area contributed by atoms with E-state index in [-0.39, 0.29) is 22.5 Å². The third-order valence-electron chi connectivity index (χ3n) is 3.83. The van der Waals surface area contributed by atoms with Gasteiger partial charge in [-0.3, -0.25) is 19.7 Å². The van der Waals surface area contributed by atoms with Gasteiger partial charge >= 0.3 is 6.18 Å². The van der Waals surface area contributed by atoms with Crippen LogP contribution in [0.1, 0.15) is 11.1 Å². The lowest BCUT2D eigenvalue weighted by molar-refractivity contribution is -0.384. The molecule has 0 aliphatic carbocycles. The standard InChI is InChI=1S/C17H8ClF3N2O4/c18-14-13(9-4-6-11(7-5-9)23(26)27)15(24)22(16(14)25)12-3-1-2-10(8-12)17(19,20)21/h1-8H. The molecule has 10 heteroatoms. The largest absolute Gasteiger partial charge is 0.416 e. The van der Waals surface area contributed by atoms with E-state index in [0.29, 0.717) is 11.0 Å². The molecule has 0 fully saturated rings. The molecule has 0 saturated heterocycles. The van der Waals surface area contributed by atoms with Crippen LogP contribution in [0.3, 0.4) is 0 Å². The van der Waals surface area contributed by atoms with Gasteiger partial charge in [-0.1, -0.05) is 17.7 Å². The second-order valence-electron chi connectivity index (χ2n) is 5.49. The number of hydrogen-bond donors (Lipinski definition) is 0. The first-order valence-electron chi connectivity index (χ1n) is 7.32. The maximum absolute atomic E-state index is 12.9. The average molecular weight is 397 g/mol. The summed E-state index contributed by atoms with van der Waals surface area (Å²) in [6.45, 7) is 0. The molecule has 0 N–H and O–H groups in total. The third-order valence-corrected chi connectivity index (χ3v) is 4.18. The van der Waals surface area contributed by atoms with Crippen molar-refractivity contribution in [2.45, 2.75) is 6.18 Å². The quantitative estimate of drug-likeness (QED) is 0.443. The summed E-state index contributed by atoms with van der Waals surface area (Å²) >= 11 is 5.95. The summed E-state index contributed by atoms with van der Waals surface area (Å²) in [6, 6.07) is 8.42. The Kier molecular flexibility index (Phi) is 4.48. The number of anilines is 1. The highest BCUT2D eigenvalue weighted by molar-refractivity contribution is 6.60. The van der Waals surface area contributed by atoms with Gasteiger partial charge < -0.3 is 0 Å². The Morgan fingerprint density at radius 2 is 1.63 bits per heavy atom. The molecule has 0 aromatic heterocycles. The summed E-state index contributed by atoms with van der Waals surface area (Å²) in [5.74, 6) is -1.90. The predicted molar refractivity (Wildman–Crippen MR) is 89.8 cm³/mol. The van der Waals surface area contributed by atoms with Gasteiger partial charge in [0, 0.05) is 12.1 Å². The van der Waals surface area contributed by atoms with Crippen LogP contribution in [0.25, 0.3) is 5.57 Å². The number of halogens is 4. The first kappa shape index (κ1) is 18.6.